The van der Waals surface area contributed by atoms with Crippen LogP contribution in [0, 0.1) is 28.6 Å². The van der Waals surface area contributed by atoms with Gasteiger partial charge in [0.15, 0.2) is 11.4 Å². The lowest BCUT2D eigenvalue weighted by molar-refractivity contribution is -0.150. The molecule has 0 radical (unpaired) electrons. The van der Waals surface area contributed by atoms with Crippen molar-refractivity contribution in [2.24, 2.45) is 34.3 Å². The van der Waals surface area contributed by atoms with E-state index in [-0.39, 0.29) is 59.7 Å². The van der Waals surface area contributed by atoms with Crippen molar-refractivity contribution in [1.82, 2.24) is 26.6 Å². The molecule has 8 atom stereocenters. The molecule has 1 saturated carbocycles. The maximum atomic E-state index is 15.7. The van der Waals surface area contributed by atoms with Crippen molar-refractivity contribution in [1.29, 1.82) is 0 Å². The monoisotopic (exact) mass is 929 g/mol. The molecule has 1 saturated heterocycles. The quantitative estimate of drug-likeness (QED) is 0.0347. The van der Waals surface area contributed by atoms with Crippen LogP contribution < -0.4 is 32.3 Å². The fourth-order valence-electron chi connectivity index (χ4n) is 13.4. The molecule has 4 bridgehead atoms. The summed E-state index contributed by atoms with van der Waals surface area (Å²) in [6, 6.07) is 5.52. The molecule has 2 fully saturated rings. The highest BCUT2D eigenvalue weighted by Crippen LogP contribution is 2.61. The number of aliphatic hydroxyl groups excluding tert-OH is 1. The molecule has 12 nitrogen and oxygen atoms in total. The number of ether oxygens (including phenoxy) is 2. The molecule has 0 aromatic heterocycles. The van der Waals surface area contributed by atoms with Crippen molar-refractivity contribution in [2.45, 2.75) is 140 Å². The molecule has 1 aromatic rings. The molecule has 68 heavy (non-hydrogen) atoms. The SMILES string of the molecule is CCNC1C=C2C=CCC3CCCCC(C)(CC4=CNC(N)C=C4)Cc4cccc5c4C(=O)C4(OC4(CC(CO)=C(C)CC4(C6=CCNC(NCNC)=C6)CCCCC4)C5=O)C(=O)OCC1CC23. The van der Waals surface area contributed by atoms with E-state index in [2.05, 4.69) is 76.9 Å². The molecular weight excluding hydrogens is 853 g/mol. The Kier molecular flexibility index (Phi) is 14.3. The first-order chi connectivity index (χ1) is 32.9. The topological polar surface area (TPSA) is 179 Å². The van der Waals surface area contributed by atoms with E-state index < -0.39 is 28.7 Å². The van der Waals surface area contributed by atoms with E-state index in [9.17, 15) is 5.11 Å². The average Bonchev–Trinajstić information content (AvgIpc) is 4.05. The Bertz CT molecular complexity index is 2350. The second-order valence-electron chi connectivity index (χ2n) is 21.7. The summed E-state index contributed by atoms with van der Waals surface area (Å²) in [4.78, 5) is 46.4. The van der Waals surface area contributed by atoms with Crippen LogP contribution in [0.3, 0.4) is 0 Å². The van der Waals surface area contributed by atoms with Gasteiger partial charge in [0.05, 0.1) is 26.0 Å². The van der Waals surface area contributed by atoms with Gasteiger partial charge in [-0.05, 0) is 141 Å². The van der Waals surface area contributed by atoms with Crippen LogP contribution in [0.5, 0.6) is 0 Å². The number of hydrogen-bond donors (Lipinski definition) is 7. The number of rotatable bonds is 13. The van der Waals surface area contributed by atoms with Gasteiger partial charge in [-0.15, -0.1) is 0 Å². The van der Waals surface area contributed by atoms with Crippen LogP contribution in [-0.4, -0.2) is 86.1 Å². The lowest BCUT2D eigenvalue weighted by atomic mass is 9.64. The van der Waals surface area contributed by atoms with Crippen molar-refractivity contribution >= 4 is 17.5 Å². The Morgan fingerprint density at radius 3 is 2.60 bits per heavy atom. The molecule has 366 valence electrons. The zero-order valence-electron chi connectivity index (χ0n) is 40.9. The summed E-state index contributed by atoms with van der Waals surface area (Å²) in [6.07, 6.45) is 30.5. The van der Waals surface area contributed by atoms with E-state index in [1.54, 1.807) is 6.07 Å². The molecule has 1 spiro atoms. The number of esters is 1. The highest BCUT2D eigenvalue weighted by molar-refractivity contribution is 6.33. The van der Waals surface area contributed by atoms with Gasteiger partial charge in [-0.25, -0.2) is 4.79 Å². The van der Waals surface area contributed by atoms with Crippen LogP contribution in [0.1, 0.15) is 137 Å². The normalized spacial score (nSPS) is 33.5. The number of aliphatic hydroxyl groups is 1. The highest BCUT2D eigenvalue weighted by atomic mass is 16.7. The molecule has 0 amide bonds. The minimum absolute atomic E-state index is 0.0189. The summed E-state index contributed by atoms with van der Waals surface area (Å²) >= 11 is 0. The lowest BCUT2D eigenvalue weighted by Gasteiger charge is -2.41. The third-order valence-corrected chi connectivity index (χ3v) is 17.0. The zero-order chi connectivity index (χ0) is 47.7. The fraction of sp³-hybridized carbons (Fsp3) is 0.589. The van der Waals surface area contributed by atoms with Crippen LogP contribution in [0.2, 0.25) is 0 Å². The van der Waals surface area contributed by atoms with Gasteiger partial charge in [0, 0.05) is 42.3 Å². The van der Waals surface area contributed by atoms with Gasteiger partial charge in [-0.3, -0.25) is 9.59 Å². The zero-order valence-corrected chi connectivity index (χ0v) is 40.9. The minimum atomic E-state index is -2.18. The summed E-state index contributed by atoms with van der Waals surface area (Å²) < 4.78 is 13.0. The number of benzene rings is 1. The first-order valence-electron chi connectivity index (χ1n) is 25.8. The van der Waals surface area contributed by atoms with E-state index in [0.29, 0.717) is 43.5 Å². The van der Waals surface area contributed by atoms with Gasteiger partial charge in [-0.2, -0.15) is 0 Å². The number of fused-ring (bicyclic) bond motifs is 1. The van der Waals surface area contributed by atoms with Gasteiger partial charge in [0.2, 0.25) is 5.78 Å². The largest absolute Gasteiger partial charge is 0.463 e. The van der Waals surface area contributed by atoms with E-state index in [4.69, 9.17) is 15.2 Å². The Morgan fingerprint density at radius 1 is 1.01 bits per heavy atom. The number of hydrogen-bond acceptors (Lipinski definition) is 12. The van der Waals surface area contributed by atoms with Crippen molar-refractivity contribution in [2.75, 3.05) is 40.0 Å². The molecule has 1 aromatic carbocycles. The molecular formula is C56H76N6O6. The number of cyclic esters (lactones) is 1. The van der Waals surface area contributed by atoms with Crippen LogP contribution in [-0.2, 0) is 20.7 Å². The van der Waals surface area contributed by atoms with Gasteiger partial charge < -0.3 is 46.9 Å². The summed E-state index contributed by atoms with van der Waals surface area (Å²) in [6.45, 7) is 8.27. The summed E-state index contributed by atoms with van der Waals surface area (Å²) in [5, 5.41) is 28.3. The predicted octanol–water partition coefficient (Wildman–Crippen LogP) is 7.25. The van der Waals surface area contributed by atoms with E-state index in [1.807, 2.05) is 38.4 Å². The number of nitrogens with one attached hydrogen (secondary N) is 5. The second-order valence-corrected chi connectivity index (χ2v) is 21.7. The average molecular weight is 929 g/mol. The molecule has 8 N–H and O–H groups in total. The lowest BCUT2D eigenvalue weighted by Crippen LogP contribution is -2.52. The Hall–Kier alpha value is -4.59. The number of carbonyl (C=O) groups is 3. The molecule has 4 aliphatic carbocycles. The van der Waals surface area contributed by atoms with Crippen LogP contribution in [0.25, 0.3) is 0 Å². The van der Waals surface area contributed by atoms with E-state index in [1.165, 1.54) is 17.6 Å². The number of epoxide rings is 1. The molecule has 8 unspecified atom stereocenters. The standard InChI is InChI=1S/C56H76N6O6/c1-5-59-46-26-39-15-11-14-38-13-7-10-21-53(3,29-37-18-19-47(57)61-32-37)30-40-16-12-17-44-49(40)51(65)56(52(66)67-34-41(46)25-45(38)39)55(68-56,50(44)64)31-42(33-63)36(2)28-54(22-8-6-9-23-54)43-20-24-60-48(27-43)62-35-58-4/h11-12,15-20,26-27,32,38,41,45-47,58-63H,5-10,13-14,21-25,28-31,33-35,57H2,1-4H3. The first-order valence-corrected chi connectivity index (χ1v) is 25.8. The molecule has 8 aliphatic rings. The minimum Gasteiger partial charge on any atom is -0.463 e. The van der Waals surface area contributed by atoms with Crippen LogP contribution in [0.15, 0.2) is 101 Å². The third-order valence-electron chi connectivity index (χ3n) is 17.0. The number of likely N-dealkylation sites (N-methyl/N-ethyl adjacent to an activating group) is 1. The van der Waals surface area contributed by atoms with Crippen molar-refractivity contribution in [3.63, 3.8) is 0 Å². The Labute approximate surface area is 403 Å². The number of ketones is 2. The van der Waals surface area contributed by atoms with Crippen molar-refractivity contribution in [3.05, 3.63) is 117 Å². The predicted molar refractivity (Wildman–Crippen MR) is 266 cm³/mol. The Balaban J connectivity index is 1.11. The number of Topliss-reactive ketones (excluding diaryl/α,β-unsaturated/α-hetero) is 2. The van der Waals surface area contributed by atoms with Gasteiger partial charge in [-0.1, -0.05) is 100 Å². The van der Waals surface area contributed by atoms with Crippen molar-refractivity contribution < 1.29 is 29.0 Å². The summed E-state index contributed by atoms with van der Waals surface area (Å²) in [5.74, 6) is 0.0442. The molecule has 9 rings (SSSR count). The number of allylic oxidation sites excluding steroid dienone is 8. The van der Waals surface area contributed by atoms with Gasteiger partial charge >= 0.3 is 5.97 Å². The highest BCUT2D eigenvalue weighted by Gasteiger charge is 2.86. The number of nitrogens with two attached hydrogens (primary N) is 1. The van der Waals surface area contributed by atoms with Crippen LogP contribution in [0.4, 0.5) is 0 Å². The molecule has 12 heteroatoms. The van der Waals surface area contributed by atoms with E-state index in [0.717, 1.165) is 99.7 Å². The number of carbonyl (C=O) groups excluding carboxylic acids is 3. The maximum Gasteiger partial charge on any atom is 0.350 e. The fourth-order valence-corrected chi connectivity index (χ4v) is 13.4. The van der Waals surface area contributed by atoms with Crippen LogP contribution >= 0.6 is 0 Å². The summed E-state index contributed by atoms with van der Waals surface area (Å²) in [7, 11) is 1.91. The smallest absolute Gasteiger partial charge is 0.350 e. The van der Waals surface area contributed by atoms with Crippen molar-refractivity contribution in [3.8, 4) is 0 Å². The second kappa shape index (κ2) is 20.0. The number of dihydropyridines is 2. The maximum absolute atomic E-state index is 15.7. The van der Waals surface area contributed by atoms with E-state index >= 15 is 14.4 Å². The van der Waals surface area contributed by atoms with Gasteiger partial charge in [0.1, 0.15) is 5.82 Å². The van der Waals surface area contributed by atoms with Gasteiger partial charge in [0.25, 0.3) is 5.60 Å². The molecule has 4 aliphatic heterocycles. The first kappa shape index (κ1) is 48.4. The Morgan fingerprint density at radius 2 is 1.84 bits per heavy atom. The molecule has 4 heterocycles. The third kappa shape index (κ3) is 9.16. The summed E-state index contributed by atoms with van der Waals surface area (Å²) in [5.41, 5.74) is 8.26.